The van der Waals surface area contributed by atoms with Gasteiger partial charge in [0.05, 0.1) is 23.2 Å². The third kappa shape index (κ3) is 6.25. The molecule has 0 bridgehead atoms. The number of nitrogens with zero attached hydrogens (tertiary/aromatic N) is 1. The summed E-state index contributed by atoms with van der Waals surface area (Å²) >= 11 is 0. The lowest BCUT2D eigenvalue weighted by molar-refractivity contribution is 0.304. The molecule has 0 saturated heterocycles. The fraction of sp³-hybridized carbons (Fsp3) is 0.367. The van der Waals surface area contributed by atoms with Gasteiger partial charge in [-0.1, -0.05) is 76.1 Å². The van der Waals surface area contributed by atoms with Crippen LogP contribution < -0.4 is 4.74 Å². The van der Waals surface area contributed by atoms with Gasteiger partial charge in [0.2, 0.25) is 0 Å². The predicted octanol–water partition coefficient (Wildman–Crippen LogP) is 8.86. The third-order valence-corrected chi connectivity index (χ3v) is 6.32. The Balaban J connectivity index is 1.31. The van der Waals surface area contributed by atoms with Crippen molar-refractivity contribution in [2.45, 2.75) is 65.2 Å². The van der Waals surface area contributed by atoms with Crippen molar-refractivity contribution in [1.29, 1.82) is 0 Å². The van der Waals surface area contributed by atoms with Gasteiger partial charge in [-0.2, -0.15) is 0 Å². The highest BCUT2D eigenvalue weighted by Gasteiger charge is 2.12. The first-order valence-electron chi connectivity index (χ1n) is 12.6. The minimum absolute atomic E-state index is 0.289. The van der Waals surface area contributed by atoms with Gasteiger partial charge in [-0.25, -0.2) is 9.37 Å². The molecule has 0 saturated carbocycles. The molecule has 3 aromatic carbocycles. The molecular formula is C30H35FN2O. The summed E-state index contributed by atoms with van der Waals surface area (Å²) in [6.45, 7) is 5.03. The van der Waals surface area contributed by atoms with E-state index in [1.165, 1.54) is 44.9 Å². The fourth-order valence-corrected chi connectivity index (χ4v) is 4.31. The molecule has 178 valence electrons. The highest BCUT2D eigenvalue weighted by Crippen LogP contribution is 2.29. The van der Waals surface area contributed by atoms with Crippen LogP contribution in [-0.2, 0) is 0 Å². The number of H-pyrrole nitrogens is 1. The molecule has 1 aromatic heterocycles. The summed E-state index contributed by atoms with van der Waals surface area (Å²) < 4.78 is 20.9. The summed E-state index contributed by atoms with van der Waals surface area (Å²) in [5.41, 5.74) is 5.17. The summed E-state index contributed by atoms with van der Waals surface area (Å²) in [5.74, 6) is 1.12. The van der Waals surface area contributed by atoms with Crippen LogP contribution in [0.25, 0.3) is 33.5 Å². The van der Waals surface area contributed by atoms with E-state index in [1.807, 2.05) is 55.5 Å². The van der Waals surface area contributed by atoms with E-state index in [-0.39, 0.29) is 5.82 Å². The SMILES string of the molecule is CCCCCCCCCCOc1ccc(-c2ccc(-c3nc4ccc(C)cc4[nH]3)c(F)c2)cc1. The number of aromatic amines is 1. The van der Waals surface area contributed by atoms with Crippen molar-refractivity contribution in [2.75, 3.05) is 6.61 Å². The molecule has 0 aliphatic heterocycles. The summed E-state index contributed by atoms with van der Waals surface area (Å²) in [7, 11) is 0. The number of aryl methyl sites for hydroxylation is 1. The van der Waals surface area contributed by atoms with Gasteiger partial charge < -0.3 is 9.72 Å². The lowest BCUT2D eigenvalue weighted by Crippen LogP contribution is -1.97. The Morgan fingerprint density at radius 3 is 2.24 bits per heavy atom. The van der Waals surface area contributed by atoms with Gasteiger partial charge in [0, 0.05) is 0 Å². The average molecular weight is 459 g/mol. The van der Waals surface area contributed by atoms with Crippen LogP contribution in [0.3, 0.4) is 0 Å². The molecule has 0 aliphatic rings. The van der Waals surface area contributed by atoms with Crippen molar-refractivity contribution in [2.24, 2.45) is 0 Å². The fourth-order valence-electron chi connectivity index (χ4n) is 4.31. The van der Waals surface area contributed by atoms with Gasteiger partial charge in [-0.3, -0.25) is 0 Å². The van der Waals surface area contributed by atoms with Crippen molar-refractivity contribution in [1.82, 2.24) is 9.97 Å². The van der Waals surface area contributed by atoms with E-state index in [9.17, 15) is 4.39 Å². The molecule has 0 spiro atoms. The second kappa shape index (κ2) is 11.8. The van der Waals surface area contributed by atoms with Gasteiger partial charge in [0.25, 0.3) is 0 Å². The van der Waals surface area contributed by atoms with Crippen LogP contribution in [0.4, 0.5) is 4.39 Å². The number of unbranched alkanes of at least 4 members (excludes halogenated alkanes) is 7. The first-order chi connectivity index (χ1) is 16.6. The number of ether oxygens (including phenoxy) is 1. The zero-order valence-corrected chi connectivity index (χ0v) is 20.4. The number of aromatic nitrogens is 2. The minimum Gasteiger partial charge on any atom is -0.494 e. The number of nitrogens with one attached hydrogen (secondary N) is 1. The van der Waals surface area contributed by atoms with Gasteiger partial charge in [0.1, 0.15) is 17.4 Å². The Hall–Kier alpha value is -3.14. The first kappa shape index (κ1) is 24.0. The van der Waals surface area contributed by atoms with Crippen LogP contribution in [0.15, 0.2) is 60.7 Å². The van der Waals surface area contributed by atoms with Crippen molar-refractivity contribution < 1.29 is 9.13 Å². The number of hydrogen-bond acceptors (Lipinski definition) is 2. The number of halogens is 1. The smallest absolute Gasteiger partial charge is 0.141 e. The zero-order valence-electron chi connectivity index (χ0n) is 20.4. The van der Waals surface area contributed by atoms with Gasteiger partial charge in [-0.05, 0) is 66.4 Å². The topological polar surface area (TPSA) is 37.9 Å². The highest BCUT2D eigenvalue weighted by molar-refractivity contribution is 5.80. The van der Waals surface area contributed by atoms with Crippen LogP contribution in [0.1, 0.15) is 63.9 Å². The molecule has 0 amide bonds. The van der Waals surface area contributed by atoms with Crippen molar-refractivity contribution in [3.8, 4) is 28.3 Å². The van der Waals surface area contributed by atoms with Crippen LogP contribution >= 0.6 is 0 Å². The van der Waals surface area contributed by atoms with E-state index >= 15 is 0 Å². The number of fused-ring (bicyclic) bond motifs is 1. The molecule has 0 aliphatic carbocycles. The monoisotopic (exact) mass is 458 g/mol. The molecule has 34 heavy (non-hydrogen) atoms. The second-order valence-electron chi connectivity index (χ2n) is 9.15. The molecule has 4 rings (SSSR count). The molecule has 4 aromatic rings. The number of benzene rings is 3. The van der Waals surface area contributed by atoms with E-state index < -0.39 is 0 Å². The Bertz CT molecular complexity index is 1200. The highest BCUT2D eigenvalue weighted by atomic mass is 19.1. The van der Waals surface area contributed by atoms with Gasteiger partial charge in [-0.15, -0.1) is 0 Å². The maximum Gasteiger partial charge on any atom is 0.141 e. The molecule has 1 N–H and O–H groups in total. The maximum atomic E-state index is 15.0. The number of rotatable bonds is 12. The Kier molecular flexibility index (Phi) is 8.35. The Morgan fingerprint density at radius 2 is 1.50 bits per heavy atom. The van der Waals surface area contributed by atoms with E-state index in [1.54, 1.807) is 12.1 Å². The van der Waals surface area contributed by atoms with Crippen molar-refractivity contribution in [3.05, 3.63) is 72.0 Å². The van der Waals surface area contributed by atoms with E-state index in [0.717, 1.165) is 46.5 Å². The normalized spacial score (nSPS) is 11.3. The molecule has 0 radical (unpaired) electrons. The summed E-state index contributed by atoms with van der Waals surface area (Å²) in [4.78, 5) is 7.79. The standard InChI is InChI=1S/C30H35FN2O/c1-3-4-5-6-7-8-9-10-19-34-25-15-12-23(13-16-25)24-14-17-26(27(31)21-24)30-32-28-18-11-22(2)20-29(28)33-30/h11-18,20-21H,3-10,19H2,1-2H3,(H,32,33). The average Bonchev–Trinajstić information content (AvgIpc) is 3.26. The van der Waals surface area contributed by atoms with Crippen LogP contribution in [0.5, 0.6) is 5.75 Å². The number of imidazole rings is 1. The molecule has 3 nitrogen and oxygen atoms in total. The molecule has 1 heterocycles. The second-order valence-corrected chi connectivity index (χ2v) is 9.15. The predicted molar refractivity (Wildman–Crippen MR) is 140 cm³/mol. The quantitative estimate of drug-likeness (QED) is 0.215. The number of hydrogen-bond donors (Lipinski definition) is 1. The summed E-state index contributed by atoms with van der Waals surface area (Å²) in [6.07, 6.45) is 10.3. The molecule has 4 heteroatoms. The molecule has 0 fully saturated rings. The van der Waals surface area contributed by atoms with E-state index in [2.05, 4.69) is 16.9 Å². The third-order valence-electron chi connectivity index (χ3n) is 6.32. The summed E-state index contributed by atoms with van der Waals surface area (Å²) in [6, 6.07) is 19.2. The largest absolute Gasteiger partial charge is 0.494 e. The van der Waals surface area contributed by atoms with Crippen LogP contribution in [-0.4, -0.2) is 16.6 Å². The van der Waals surface area contributed by atoms with Crippen LogP contribution in [0, 0.1) is 12.7 Å². The molecular weight excluding hydrogens is 423 g/mol. The Labute approximate surface area is 202 Å². The summed E-state index contributed by atoms with van der Waals surface area (Å²) in [5, 5.41) is 0. The first-order valence-corrected chi connectivity index (χ1v) is 12.6. The van der Waals surface area contributed by atoms with Crippen LogP contribution in [0.2, 0.25) is 0 Å². The van der Waals surface area contributed by atoms with Gasteiger partial charge >= 0.3 is 0 Å². The van der Waals surface area contributed by atoms with E-state index in [4.69, 9.17) is 4.74 Å². The maximum absolute atomic E-state index is 15.0. The van der Waals surface area contributed by atoms with Crippen molar-refractivity contribution in [3.63, 3.8) is 0 Å². The Morgan fingerprint density at radius 1 is 0.794 bits per heavy atom. The zero-order chi connectivity index (χ0) is 23.8. The minimum atomic E-state index is -0.289. The lowest BCUT2D eigenvalue weighted by Gasteiger charge is -2.08. The van der Waals surface area contributed by atoms with E-state index in [0.29, 0.717) is 11.4 Å². The van der Waals surface area contributed by atoms with Crippen molar-refractivity contribution >= 4 is 11.0 Å². The van der Waals surface area contributed by atoms with Gasteiger partial charge in [0.15, 0.2) is 0 Å². The molecule has 0 atom stereocenters. The lowest BCUT2D eigenvalue weighted by atomic mass is 10.0. The molecule has 0 unspecified atom stereocenters.